The third kappa shape index (κ3) is 1.26. The summed E-state index contributed by atoms with van der Waals surface area (Å²) in [5.74, 6) is 0.191. The van der Waals surface area contributed by atoms with Crippen LogP contribution in [0.3, 0.4) is 0 Å². The van der Waals surface area contributed by atoms with Gasteiger partial charge < -0.3 is 4.74 Å². The first-order valence-electron chi connectivity index (χ1n) is 4.24. The second kappa shape index (κ2) is 2.44. The molecule has 1 aromatic carbocycles. The van der Waals surface area contributed by atoms with E-state index in [0.717, 1.165) is 0 Å². The van der Waals surface area contributed by atoms with Crippen LogP contribution in [0.1, 0.15) is 13.3 Å². The molecule has 0 amide bonds. The molecule has 1 aromatic rings. The molecule has 0 spiro atoms. The van der Waals surface area contributed by atoms with Gasteiger partial charge in [-0.15, -0.1) is 0 Å². The molecule has 0 saturated heterocycles. The summed E-state index contributed by atoms with van der Waals surface area (Å²) in [4.78, 5) is 0. The van der Waals surface area contributed by atoms with E-state index in [2.05, 4.69) is 4.74 Å². The van der Waals surface area contributed by atoms with Gasteiger partial charge in [-0.05, 0) is 18.1 Å². The minimum atomic E-state index is -3.35. The van der Waals surface area contributed by atoms with Crippen molar-refractivity contribution in [2.75, 3.05) is 0 Å². The highest BCUT2D eigenvalue weighted by molar-refractivity contribution is 5.35. The Morgan fingerprint density at radius 3 is 3.00 bits per heavy atom. The predicted molar refractivity (Wildman–Crippen MR) is 40.3 cm³/mol. The Labute approximate surface area is 70.4 Å². The Morgan fingerprint density at radius 1 is 1.42 bits per heavy atom. The van der Waals surface area contributed by atoms with Crippen LogP contribution in [0.4, 0.5) is 8.78 Å². The summed E-state index contributed by atoms with van der Waals surface area (Å²) in [6.45, 7) is 0. The average Bonchev–Trinajstić information content (AvgIpc) is 2.06. The maximum atomic E-state index is 12.9. The number of ether oxygens (including phenoxy) is 1. The van der Waals surface area contributed by atoms with Crippen molar-refractivity contribution >= 4 is 0 Å². The second-order valence-electron chi connectivity index (χ2n) is 2.68. The van der Waals surface area contributed by atoms with E-state index in [4.69, 9.17) is 1.37 Å². The fourth-order valence-electron chi connectivity index (χ4n) is 1.19. The van der Waals surface area contributed by atoms with Crippen LogP contribution >= 0.6 is 0 Å². The molecule has 3 heteroatoms. The molecule has 1 heterocycles. The fraction of sp³-hybridized carbons (Fsp3) is 0.333. The van der Waals surface area contributed by atoms with Crippen molar-refractivity contribution in [1.82, 2.24) is 0 Å². The molecule has 0 fully saturated rings. The Bertz CT molecular complexity index is 327. The molecule has 1 nitrogen and oxygen atoms in total. The quantitative estimate of drug-likeness (QED) is 0.583. The molecule has 0 aromatic heterocycles. The van der Waals surface area contributed by atoms with E-state index in [1.165, 1.54) is 6.07 Å². The van der Waals surface area contributed by atoms with Gasteiger partial charge in [0.1, 0.15) is 5.75 Å². The summed E-state index contributed by atoms with van der Waals surface area (Å²) in [6, 6.07) is 6.58. The number of fused-ring (bicyclic) bond motifs is 1. The largest absolute Gasteiger partial charge is 0.432 e. The normalized spacial score (nSPS) is 26.8. The van der Waals surface area contributed by atoms with Gasteiger partial charge in [0.05, 0.1) is 6.40 Å². The number of hydrogen-bond donors (Lipinski definition) is 0. The van der Waals surface area contributed by atoms with Gasteiger partial charge in [-0.1, -0.05) is 18.2 Å². The minimum Gasteiger partial charge on any atom is -0.432 e. The van der Waals surface area contributed by atoms with Crippen LogP contribution in [0.15, 0.2) is 24.3 Å². The molecule has 0 aliphatic carbocycles. The van der Waals surface area contributed by atoms with Gasteiger partial charge in [0.15, 0.2) is 0 Å². The van der Waals surface area contributed by atoms with Gasteiger partial charge in [-0.2, -0.15) is 8.78 Å². The lowest BCUT2D eigenvalue weighted by Gasteiger charge is -2.24. The van der Waals surface area contributed by atoms with Gasteiger partial charge in [-0.25, -0.2) is 0 Å². The molecular weight excluding hydrogens is 162 g/mol. The molecule has 64 valence electrons. The zero-order valence-corrected chi connectivity index (χ0v) is 6.26. The van der Waals surface area contributed by atoms with Gasteiger partial charge in [0.25, 0.3) is 0 Å². The Kier molecular flexibility index (Phi) is 1.30. The summed E-state index contributed by atoms with van der Waals surface area (Å²) >= 11 is 0. The van der Waals surface area contributed by atoms with Crippen molar-refractivity contribution in [2.45, 2.75) is 18.9 Å². The van der Waals surface area contributed by atoms with Crippen LogP contribution in [0.25, 0.3) is 0 Å². The van der Waals surface area contributed by atoms with E-state index in [-0.39, 0.29) is 12.2 Å². The molecular formula is C9H8F2O. The molecule has 2 rings (SSSR count). The number of hydrogen-bond acceptors (Lipinski definition) is 1. The minimum absolute atomic E-state index is 0.0448. The summed E-state index contributed by atoms with van der Waals surface area (Å²) in [6.07, 6.45) is -4.81. The van der Waals surface area contributed by atoms with Gasteiger partial charge in [0.2, 0.25) is 0 Å². The number of para-hydroxylation sites is 1. The summed E-state index contributed by atoms with van der Waals surface area (Å²) in [7, 11) is 0. The van der Waals surface area contributed by atoms with Crippen LogP contribution in [0.2, 0.25) is 0 Å². The summed E-state index contributed by atoms with van der Waals surface area (Å²) in [5, 5.41) is 0. The van der Waals surface area contributed by atoms with E-state index >= 15 is 0 Å². The second-order valence-corrected chi connectivity index (χ2v) is 2.68. The lowest BCUT2D eigenvalue weighted by Crippen LogP contribution is -2.29. The third-order valence-electron chi connectivity index (χ3n) is 1.78. The number of halogens is 2. The first-order chi connectivity index (χ1) is 6.09. The topological polar surface area (TPSA) is 9.23 Å². The van der Waals surface area contributed by atoms with E-state index in [1.54, 1.807) is 18.2 Å². The Balaban J connectivity index is 2.39. The molecule has 0 N–H and O–H groups in total. The Hall–Kier alpha value is -1.12. The van der Waals surface area contributed by atoms with Crippen LogP contribution < -0.4 is 4.74 Å². The number of rotatable bonds is 0. The molecule has 0 saturated carbocycles. The van der Waals surface area contributed by atoms with Gasteiger partial charge >= 0.3 is 6.11 Å². The molecule has 1 unspecified atom stereocenters. The van der Waals surface area contributed by atoms with Crippen molar-refractivity contribution in [3.05, 3.63) is 29.8 Å². The van der Waals surface area contributed by atoms with Crippen molar-refractivity contribution in [2.24, 2.45) is 0 Å². The smallest absolute Gasteiger partial charge is 0.398 e. The SMILES string of the molecule is [2H]C1Cc2ccccc2OC1(F)F. The molecule has 0 bridgehead atoms. The summed E-state index contributed by atoms with van der Waals surface area (Å²) < 4.78 is 37.3. The fourth-order valence-corrected chi connectivity index (χ4v) is 1.19. The standard InChI is InChI=1S/C9H8F2O/c10-9(11)6-5-7-3-1-2-4-8(7)12-9/h1-4H,5-6H2/i6D. The van der Waals surface area contributed by atoms with Crippen LogP contribution in [-0.4, -0.2) is 6.11 Å². The van der Waals surface area contributed by atoms with E-state index in [0.29, 0.717) is 5.56 Å². The molecule has 1 aliphatic rings. The predicted octanol–water partition coefficient (Wildman–Crippen LogP) is 2.60. The lowest BCUT2D eigenvalue weighted by molar-refractivity contribution is -0.187. The molecule has 1 aliphatic heterocycles. The summed E-state index contributed by atoms with van der Waals surface area (Å²) in [5.41, 5.74) is 0.674. The van der Waals surface area contributed by atoms with Crippen LogP contribution in [0.5, 0.6) is 5.75 Å². The highest BCUT2D eigenvalue weighted by Crippen LogP contribution is 2.34. The van der Waals surface area contributed by atoms with Crippen molar-refractivity contribution < 1.29 is 14.9 Å². The van der Waals surface area contributed by atoms with Crippen LogP contribution in [-0.2, 0) is 6.42 Å². The lowest BCUT2D eigenvalue weighted by atomic mass is 10.1. The zero-order valence-electron chi connectivity index (χ0n) is 7.26. The average molecular weight is 171 g/mol. The van der Waals surface area contributed by atoms with Gasteiger partial charge in [-0.3, -0.25) is 0 Å². The van der Waals surface area contributed by atoms with E-state index in [1.807, 2.05) is 0 Å². The zero-order chi connectivity index (χ0) is 9.47. The van der Waals surface area contributed by atoms with Gasteiger partial charge in [0, 0.05) is 1.37 Å². The first-order valence-corrected chi connectivity index (χ1v) is 3.66. The van der Waals surface area contributed by atoms with E-state index in [9.17, 15) is 8.78 Å². The highest BCUT2D eigenvalue weighted by atomic mass is 19.3. The maximum absolute atomic E-state index is 12.9. The van der Waals surface area contributed by atoms with Crippen LogP contribution in [0, 0.1) is 0 Å². The Morgan fingerprint density at radius 2 is 2.17 bits per heavy atom. The van der Waals surface area contributed by atoms with Crippen molar-refractivity contribution in [3.63, 3.8) is 0 Å². The molecule has 1 atom stereocenters. The number of benzene rings is 1. The number of aryl methyl sites for hydroxylation is 1. The first kappa shape index (κ1) is 6.40. The third-order valence-corrected chi connectivity index (χ3v) is 1.78. The highest BCUT2D eigenvalue weighted by Gasteiger charge is 2.35. The van der Waals surface area contributed by atoms with E-state index < -0.39 is 12.5 Å². The van der Waals surface area contributed by atoms with Crippen molar-refractivity contribution in [3.8, 4) is 5.75 Å². The molecule has 12 heavy (non-hydrogen) atoms. The molecule has 0 radical (unpaired) electrons. The van der Waals surface area contributed by atoms with Crippen molar-refractivity contribution in [1.29, 1.82) is 0 Å². The maximum Gasteiger partial charge on any atom is 0.398 e. The number of alkyl halides is 2. The monoisotopic (exact) mass is 171 g/mol.